The van der Waals surface area contributed by atoms with Crippen LogP contribution in [0.5, 0.6) is 0 Å². The van der Waals surface area contributed by atoms with Crippen molar-refractivity contribution in [3.05, 3.63) is 35.6 Å². The summed E-state index contributed by atoms with van der Waals surface area (Å²) in [5, 5.41) is 16.5. The second kappa shape index (κ2) is 13.5. The van der Waals surface area contributed by atoms with Crippen LogP contribution in [-0.2, 0) is 18.3 Å². The van der Waals surface area contributed by atoms with Crippen molar-refractivity contribution >= 4 is 17.9 Å². The summed E-state index contributed by atoms with van der Waals surface area (Å²) >= 11 is 0. The number of urea groups is 1. The van der Waals surface area contributed by atoms with Gasteiger partial charge in [0.15, 0.2) is 0 Å². The van der Waals surface area contributed by atoms with Crippen LogP contribution in [0.25, 0.3) is 0 Å². The van der Waals surface area contributed by atoms with Gasteiger partial charge in [-0.25, -0.2) is 13.9 Å². The molecule has 37 heavy (non-hydrogen) atoms. The third kappa shape index (κ3) is 8.77. The highest BCUT2D eigenvalue weighted by atomic mass is 19.1. The first-order chi connectivity index (χ1) is 17.6. The van der Waals surface area contributed by atoms with Crippen LogP contribution in [-0.4, -0.2) is 80.7 Å². The summed E-state index contributed by atoms with van der Waals surface area (Å²) < 4.78 is 14.7. The number of benzene rings is 1. The van der Waals surface area contributed by atoms with Gasteiger partial charge in [-0.3, -0.25) is 15.0 Å². The molecule has 1 aliphatic heterocycles. The molecule has 1 saturated heterocycles. The Labute approximate surface area is 219 Å². The van der Waals surface area contributed by atoms with Crippen LogP contribution in [0, 0.1) is 23.6 Å². The van der Waals surface area contributed by atoms with Crippen molar-refractivity contribution < 1.29 is 14.0 Å². The van der Waals surface area contributed by atoms with Crippen molar-refractivity contribution in [1.29, 1.82) is 0 Å². The van der Waals surface area contributed by atoms with Crippen LogP contribution in [0.15, 0.2) is 24.3 Å². The van der Waals surface area contributed by atoms with Crippen molar-refractivity contribution in [2.24, 2.45) is 24.8 Å². The molecule has 2 aromatic rings. The Morgan fingerprint density at radius 1 is 1.14 bits per heavy atom. The van der Waals surface area contributed by atoms with E-state index in [-0.39, 0.29) is 24.2 Å². The van der Waals surface area contributed by atoms with Gasteiger partial charge < -0.3 is 10.2 Å². The van der Waals surface area contributed by atoms with E-state index in [9.17, 15) is 14.0 Å². The molecule has 1 fully saturated rings. The van der Waals surface area contributed by atoms with E-state index in [1.54, 1.807) is 7.05 Å². The number of hydrogen-bond donors (Lipinski definition) is 2. The lowest BCUT2D eigenvalue weighted by Gasteiger charge is -2.39. The average molecular weight is 517 g/mol. The van der Waals surface area contributed by atoms with E-state index in [1.807, 2.05) is 17.0 Å². The molecule has 1 aromatic heterocycles. The maximum absolute atomic E-state index is 14.0. The molecule has 3 amide bonds. The van der Waals surface area contributed by atoms with Crippen molar-refractivity contribution in [1.82, 2.24) is 35.3 Å². The Morgan fingerprint density at radius 3 is 2.41 bits per heavy atom. The quantitative estimate of drug-likeness (QED) is 0.476. The summed E-state index contributed by atoms with van der Waals surface area (Å²) in [6, 6.07) is 5.67. The fourth-order valence-electron chi connectivity index (χ4n) is 4.91. The van der Waals surface area contributed by atoms with Gasteiger partial charge in [0, 0.05) is 39.8 Å². The number of likely N-dealkylation sites (tertiary alicyclic amines) is 1. The summed E-state index contributed by atoms with van der Waals surface area (Å²) in [6.45, 7) is 11.6. The SMILES string of the molecule is CC(C)CN(CC(C)C)[C@H](CNC(=O)Nc1nnnn1C)C(=O)N1CCC[C@@H](Cc2ccc(F)cc2)C1. The van der Waals surface area contributed by atoms with E-state index in [1.165, 1.54) is 16.8 Å². The highest BCUT2D eigenvalue weighted by Gasteiger charge is 2.33. The van der Waals surface area contributed by atoms with Gasteiger partial charge in [-0.1, -0.05) is 44.9 Å². The van der Waals surface area contributed by atoms with Crippen LogP contribution in [0.3, 0.4) is 0 Å². The maximum atomic E-state index is 14.0. The Morgan fingerprint density at radius 2 is 1.81 bits per heavy atom. The van der Waals surface area contributed by atoms with E-state index in [0.717, 1.165) is 37.9 Å². The lowest BCUT2D eigenvalue weighted by molar-refractivity contribution is -0.139. The number of piperidine rings is 1. The molecule has 0 spiro atoms. The van der Waals surface area contributed by atoms with E-state index in [2.05, 4.69) is 58.8 Å². The summed E-state index contributed by atoms with van der Waals surface area (Å²) in [7, 11) is 1.63. The Bertz CT molecular complexity index is 1000. The Hall–Kier alpha value is -3.08. The molecular formula is C26H41FN8O2. The number of hydrogen-bond acceptors (Lipinski definition) is 6. The van der Waals surface area contributed by atoms with Crippen LogP contribution in [0.1, 0.15) is 46.1 Å². The van der Waals surface area contributed by atoms with Gasteiger partial charge in [0.1, 0.15) is 11.9 Å². The highest BCUT2D eigenvalue weighted by molar-refractivity contribution is 5.88. The van der Waals surface area contributed by atoms with Crippen LogP contribution < -0.4 is 10.6 Å². The summed E-state index contributed by atoms with van der Waals surface area (Å²) in [4.78, 5) is 30.7. The lowest BCUT2D eigenvalue weighted by atomic mass is 9.91. The van der Waals surface area contributed by atoms with Crippen molar-refractivity contribution in [2.45, 2.75) is 53.0 Å². The largest absolute Gasteiger partial charge is 0.341 e. The standard InChI is InChI=1S/C26H41FN8O2/c1-18(2)15-35(16-19(3)4)23(14-28-26(37)29-25-30-31-32-33(25)5)24(36)34-12-6-7-21(17-34)13-20-8-10-22(27)11-9-20/h8-11,18-19,21,23H,6-7,12-17H2,1-5H3,(H2,28,29,30,32,37)/t21-,23+/m0/s1. The number of carbonyl (C=O) groups is 2. The molecule has 3 rings (SSSR count). The monoisotopic (exact) mass is 516 g/mol. The van der Waals surface area contributed by atoms with Crippen molar-refractivity contribution in [2.75, 3.05) is 38.0 Å². The predicted molar refractivity (Wildman–Crippen MR) is 140 cm³/mol. The minimum atomic E-state index is -0.488. The second-order valence-corrected chi connectivity index (χ2v) is 10.8. The second-order valence-electron chi connectivity index (χ2n) is 10.8. The number of carbonyl (C=O) groups excluding carboxylic acids is 2. The Kier molecular flexibility index (Phi) is 10.4. The fourth-order valence-corrected chi connectivity index (χ4v) is 4.91. The molecule has 0 aliphatic carbocycles. The third-order valence-electron chi connectivity index (χ3n) is 6.49. The summed E-state index contributed by atoms with van der Waals surface area (Å²) in [5.74, 6) is 1.05. The van der Waals surface area contributed by atoms with E-state index < -0.39 is 12.1 Å². The molecule has 2 heterocycles. The first-order valence-electron chi connectivity index (χ1n) is 13.2. The molecule has 2 atom stereocenters. The molecule has 204 valence electrons. The number of aromatic nitrogens is 4. The van der Waals surface area contributed by atoms with Gasteiger partial charge >= 0.3 is 6.03 Å². The fraction of sp³-hybridized carbons (Fsp3) is 0.654. The van der Waals surface area contributed by atoms with Crippen molar-refractivity contribution in [3.8, 4) is 0 Å². The number of halogens is 1. The molecule has 0 bridgehead atoms. The Balaban J connectivity index is 1.72. The zero-order chi connectivity index (χ0) is 26.9. The molecule has 0 saturated carbocycles. The first-order valence-corrected chi connectivity index (χ1v) is 13.2. The van der Waals surface area contributed by atoms with Crippen LogP contribution >= 0.6 is 0 Å². The zero-order valence-corrected chi connectivity index (χ0v) is 22.7. The van der Waals surface area contributed by atoms with Gasteiger partial charge in [-0.05, 0) is 65.1 Å². The molecule has 2 N–H and O–H groups in total. The number of tetrazole rings is 1. The summed E-state index contributed by atoms with van der Waals surface area (Å²) in [5.41, 5.74) is 1.08. The van der Waals surface area contributed by atoms with E-state index in [0.29, 0.717) is 30.8 Å². The number of amides is 3. The predicted octanol–water partition coefficient (Wildman–Crippen LogP) is 2.93. The molecule has 11 heteroatoms. The minimum Gasteiger partial charge on any atom is -0.341 e. The zero-order valence-electron chi connectivity index (χ0n) is 22.7. The van der Waals surface area contributed by atoms with Gasteiger partial charge in [0.05, 0.1) is 0 Å². The van der Waals surface area contributed by atoms with E-state index in [4.69, 9.17) is 0 Å². The van der Waals surface area contributed by atoms with Gasteiger partial charge in [-0.15, -0.1) is 0 Å². The van der Waals surface area contributed by atoms with Crippen LogP contribution in [0.2, 0.25) is 0 Å². The number of nitrogens with one attached hydrogen (secondary N) is 2. The number of aryl methyl sites for hydroxylation is 1. The van der Waals surface area contributed by atoms with Gasteiger partial charge in [0.2, 0.25) is 5.91 Å². The van der Waals surface area contributed by atoms with Crippen molar-refractivity contribution in [3.63, 3.8) is 0 Å². The van der Waals surface area contributed by atoms with Crippen LogP contribution in [0.4, 0.5) is 15.1 Å². The maximum Gasteiger partial charge on any atom is 0.321 e. The minimum absolute atomic E-state index is 0.0331. The van der Waals surface area contributed by atoms with Gasteiger partial charge in [0.25, 0.3) is 5.95 Å². The molecule has 0 radical (unpaired) electrons. The smallest absolute Gasteiger partial charge is 0.321 e. The molecule has 0 unspecified atom stereocenters. The first kappa shape index (κ1) is 28.5. The number of anilines is 1. The molecule has 1 aromatic carbocycles. The third-order valence-corrected chi connectivity index (χ3v) is 6.49. The molecular weight excluding hydrogens is 475 g/mol. The molecule has 1 aliphatic rings. The normalized spacial score (nSPS) is 16.9. The van der Waals surface area contributed by atoms with Gasteiger partial charge in [-0.2, -0.15) is 0 Å². The highest BCUT2D eigenvalue weighted by Crippen LogP contribution is 2.23. The number of nitrogens with zero attached hydrogens (tertiary/aromatic N) is 6. The van der Waals surface area contributed by atoms with E-state index >= 15 is 0 Å². The molecule has 10 nitrogen and oxygen atoms in total. The summed E-state index contributed by atoms with van der Waals surface area (Å²) in [6.07, 6.45) is 2.76. The number of rotatable bonds is 11. The topological polar surface area (TPSA) is 108 Å². The average Bonchev–Trinajstić information content (AvgIpc) is 3.24. The lowest BCUT2D eigenvalue weighted by Crippen LogP contribution is -2.57.